The number of hydrogen-bond donors (Lipinski definition) is 1. The summed E-state index contributed by atoms with van der Waals surface area (Å²) in [5.41, 5.74) is 0.363. The maximum absolute atomic E-state index is 13.3. The number of nitrogens with zero attached hydrogens (tertiary/aromatic N) is 3. The minimum atomic E-state index is -4.41. The molecule has 3 aromatic rings. The first-order valence-electron chi connectivity index (χ1n) is 9.84. The number of pyridine rings is 1. The molecule has 2 heterocycles. The van der Waals surface area contributed by atoms with Gasteiger partial charge in [0.05, 0.1) is 17.1 Å². The molecule has 4 rings (SSSR count). The zero-order valence-corrected chi connectivity index (χ0v) is 17.3. The molecule has 5 nitrogen and oxygen atoms in total. The molecule has 0 radical (unpaired) electrons. The Morgan fingerprint density at radius 2 is 1.90 bits per heavy atom. The van der Waals surface area contributed by atoms with Crippen molar-refractivity contribution in [3.8, 4) is 0 Å². The lowest BCUT2D eigenvalue weighted by Crippen LogP contribution is -2.27. The van der Waals surface area contributed by atoms with Crippen LogP contribution in [0.3, 0.4) is 0 Å². The van der Waals surface area contributed by atoms with Crippen LogP contribution in [0.15, 0.2) is 35.3 Å². The van der Waals surface area contributed by atoms with E-state index >= 15 is 0 Å². The van der Waals surface area contributed by atoms with Crippen molar-refractivity contribution >= 4 is 16.7 Å². The van der Waals surface area contributed by atoms with Crippen LogP contribution in [0.25, 0.3) is 10.9 Å². The van der Waals surface area contributed by atoms with Crippen LogP contribution in [0, 0.1) is 13.8 Å². The van der Waals surface area contributed by atoms with E-state index in [1.165, 1.54) is 19.1 Å². The number of aryl methyl sites for hydroxylation is 1. The van der Waals surface area contributed by atoms with Gasteiger partial charge in [0.2, 0.25) is 0 Å². The van der Waals surface area contributed by atoms with E-state index in [1.807, 2.05) is 6.92 Å². The molecule has 0 amide bonds. The molecule has 1 fully saturated rings. The fourth-order valence-corrected chi connectivity index (χ4v) is 3.89. The van der Waals surface area contributed by atoms with Crippen LogP contribution in [-0.2, 0) is 11.7 Å². The summed E-state index contributed by atoms with van der Waals surface area (Å²) in [7, 11) is 0. The van der Waals surface area contributed by atoms with Crippen LogP contribution < -0.4 is 10.9 Å². The average molecular weight is 416 g/mol. The highest BCUT2D eigenvalue weighted by atomic mass is 19.4. The Kier molecular flexibility index (Phi) is 4.63. The number of halogens is 3. The van der Waals surface area contributed by atoms with Crippen molar-refractivity contribution in [3.05, 3.63) is 63.3 Å². The van der Waals surface area contributed by atoms with Crippen molar-refractivity contribution in [1.82, 2.24) is 14.5 Å². The van der Waals surface area contributed by atoms with Gasteiger partial charge in [0.15, 0.2) is 0 Å². The van der Waals surface area contributed by atoms with Gasteiger partial charge in [-0.2, -0.15) is 13.2 Å². The highest BCUT2D eigenvalue weighted by Gasteiger charge is 2.40. The second-order valence-electron chi connectivity index (χ2n) is 8.28. The smallest absolute Gasteiger partial charge is 0.363 e. The number of aromatic nitrogens is 3. The van der Waals surface area contributed by atoms with Gasteiger partial charge in [0, 0.05) is 23.2 Å². The number of benzene rings is 1. The van der Waals surface area contributed by atoms with E-state index in [1.54, 1.807) is 30.7 Å². The third kappa shape index (κ3) is 3.55. The maximum atomic E-state index is 13.3. The molecule has 1 N–H and O–H groups in total. The third-order valence-corrected chi connectivity index (χ3v) is 5.90. The van der Waals surface area contributed by atoms with Gasteiger partial charge in [-0.25, -0.2) is 9.97 Å². The summed E-state index contributed by atoms with van der Waals surface area (Å²) in [4.78, 5) is 21.6. The average Bonchev–Trinajstić information content (AvgIpc) is 3.39. The summed E-state index contributed by atoms with van der Waals surface area (Å²) in [6, 6.07) is 5.21. The van der Waals surface area contributed by atoms with Crippen LogP contribution in [0.1, 0.15) is 55.2 Å². The summed E-state index contributed by atoms with van der Waals surface area (Å²) in [5, 5.41) is 3.75. The van der Waals surface area contributed by atoms with E-state index in [-0.39, 0.29) is 16.7 Å². The molecule has 8 heteroatoms. The molecule has 1 atom stereocenters. The monoisotopic (exact) mass is 416 g/mol. The topological polar surface area (TPSA) is 59.8 Å². The largest absolute Gasteiger partial charge is 0.416 e. The molecule has 0 spiro atoms. The molecule has 2 aromatic heterocycles. The zero-order valence-electron chi connectivity index (χ0n) is 17.3. The SMILES string of the molecule is Cc1nc(N[C@H](C)c2cccc(C(F)(F)F)c2C)c2cc(=O)n(C3(C)CC3)cc2n1. The number of hydrogen-bond acceptors (Lipinski definition) is 4. The van der Waals surface area contributed by atoms with Gasteiger partial charge in [-0.1, -0.05) is 12.1 Å². The molecule has 1 aliphatic rings. The van der Waals surface area contributed by atoms with E-state index in [2.05, 4.69) is 15.3 Å². The first-order chi connectivity index (χ1) is 14.0. The van der Waals surface area contributed by atoms with Gasteiger partial charge >= 0.3 is 6.18 Å². The molecule has 1 aromatic carbocycles. The second kappa shape index (κ2) is 6.82. The first kappa shape index (κ1) is 20.4. The van der Waals surface area contributed by atoms with E-state index in [4.69, 9.17) is 0 Å². The van der Waals surface area contributed by atoms with Crippen LogP contribution in [-0.4, -0.2) is 14.5 Å². The minimum absolute atomic E-state index is 0.138. The molecule has 0 unspecified atom stereocenters. The number of alkyl halides is 3. The number of nitrogens with one attached hydrogen (secondary N) is 1. The van der Waals surface area contributed by atoms with Crippen molar-refractivity contribution in [2.24, 2.45) is 0 Å². The van der Waals surface area contributed by atoms with Crippen LogP contribution in [0.5, 0.6) is 0 Å². The standard InChI is InChI=1S/C22H23F3N4O/c1-12-15(6-5-7-17(12)22(23,24)25)13(2)26-20-16-10-19(30)29(21(4)8-9-21)11-18(16)27-14(3)28-20/h5-7,10-11,13H,8-9H2,1-4H3,(H,26,27,28)/t13-/m1/s1. The summed E-state index contributed by atoms with van der Waals surface area (Å²) >= 11 is 0. The first-order valence-corrected chi connectivity index (χ1v) is 9.84. The van der Waals surface area contributed by atoms with Crippen molar-refractivity contribution in [1.29, 1.82) is 0 Å². The predicted octanol–water partition coefficient (Wildman–Crippen LogP) is 5.11. The quantitative estimate of drug-likeness (QED) is 0.642. The van der Waals surface area contributed by atoms with Crippen LogP contribution >= 0.6 is 0 Å². The van der Waals surface area contributed by atoms with Gasteiger partial charge in [-0.05, 0) is 57.7 Å². The predicted molar refractivity (Wildman–Crippen MR) is 110 cm³/mol. The van der Waals surface area contributed by atoms with Crippen molar-refractivity contribution in [2.75, 3.05) is 5.32 Å². The molecule has 0 saturated heterocycles. The Balaban J connectivity index is 1.76. The van der Waals surface area contributed by atoms with Crippen molar-refractivity contribution < 1.29 is 13.2 Å². The van der Waals surface area contributed by atoms with Crippen LogP contribution in [0.2, 0.25) is 0 Å². The molecule has 0 aliphatic heterocycles. The minimum Gasteiger partial charge on any atom is -0.363 e. The highest BCUT2D eigenvalue weighted by molar-refractivity contribution is 5.88. The van der Waals surface area contributed by atoms with E-state index in [9.17, 15) is 18.0 Å². The summed E-state index contributed by atoms with van der Waals surface area (Å²) in [6.07, 6.45) is -0.772. The fourth-order valence-electron chi connectivity index (χ4n) is 3.89. The Labute approximate surface area is 172 Å². The molecule has 1 aliphatic carbocycles. The highest BCUT2D eigenvalue weighted by Crippen LogP contribution is 2.42. The molecular weight excluding hydrogens is 393 g/mol. The number of fused-ring (bicyclic) bond motifs is 1. The second-order valence-corrected chi connectivity index (χ2v) is 8.28. The van der Waals surface area contributed by atoms with Gasteiger partial charge in [0.1, 0.15) is 11.6 Å². The van der Waals surface area contributed by atoms with E-state index in [0.29, 0.717) is 28.1 Å². The van der Waals surface area contributed by atoms with Gasteiger partial charge in [0.25, 0.3) is 5.56 Å². The van der Waals surface area contributed by atoms with Crippen LogP contribution in [0.4, 0.5) is 19.0 Å². The molecule has 0 bridgehead atoms. The van der Waals surface area contributed by atoms with Gasteiger partial charge in [-0.3, -0.25) is 4.79 Å². The Bertz CT molecular complexity index is 1200. The Hall–Kier alpha value is -2.90. The molecule has 30 heavy (non-hydrogen) atoms. The Morgan fingerprint density at radius 1 is 1.20 bits per heavy atom. The normalized spacial score (nSPS) is 16.5. The molecule has 1 saturated carbocycles. The molecule has 158 valence electrons. The van der Waals surface area contributed by atoms with Crippen molar-refractivity contribution in [3.63, 3.8) is 0 Å². The lowest BCUT2D eigenvalue weighted by atomic mass is 9.97. The van der Waals surface area contributed by atoms with E-state index in [0.717, 1.165) is 18.9 Å². The summed E-state index contributed by atoms with van der Waals surface area (Å²) in [5.74, 6) is 0.955. The van der Waals surface area contributed by atoms with Gasteiger partial charge < -0.3 is 9.88 Å². The van der Waals surface area contributed by atoms with Crippen molar-refractivity contribution in [2.45, 2.75) is 58.3 Å². The number of rotatable bonds is 4. The van der Waals surface area contributed by atoms with E-state index < -0.39 is 17.8 Å². The lowest BCUT2D eigenvalue weighted by molar-refractivity contribution is -0.138. The lowest BCUT2D eigenvalue weighted by Gasteiger charge is -2.21. The zero-order chi connectivity index (χ0) is 21.8. The Morgan fingerprint density at radius 3 is 2.53 bits per heavy atom. The molecular formula is C22H23F3N4O. The fraction of sp³-hybridized carbons (Fsp3) is 0.409. The van der Waals surface area contributed by atoms with Gasteiger partial charge in [-0.15, -0.1) is 0 Å². The summed E-state index contributed by atoms with van der Waals surface area (Å²) in [6.45, 7) is 7.03. The number of anilines is 1. The third-order valence-electron chi connectivity index (χ3n) is 5.90. The maximum Gasteiger partial charge on any atom is 0.416 e. The summed E-state index contributed by atoms with van der Waals surface area (Å²) < 4.78 is 41.6.